The van der Waals surface area contributed by atoms with Gasteiger partial charge in [0.2, 0.25) is 11.8 Å². The molecule has 1 aromatic carbocycles. The predicted molar refractivity (Wildman–Crippen MR) is 106 cm³/mol. The third-order valence-corrected chi connectivity index (χ3v) is 5.79. The van der Waals surface area contributed by atoms with Crippen LogP contribution in [0.5, 0.6) is 0 Å². The molecule has 0 radical (unpaired) electrons. The van der Waals surface area contributed by atoms with E-state index in [1.807, 2.05) is 16.7 Å². The minimum atomic E-state index is -0.356. The first-order valence-corrected chi connectivity index (χ1v) is 10.1. The standard InChI is InChI=1S/C20H28N4O4/c1-2-21-19(25)15-7-13-23(14-8-15)20(26)16-9-11-22(12-10-16)17-5-3-4-6-18(17)24(27)28/h3-6,15-16H,2,7-14H2,1H3,(H,21,25). The molecule has 2 fully saturated rings. The zero-order valence-electron chi connectivity index (χ0n) is 16.3. The van der Waals surface area contributed by atoms with Gasteiger partial charge in [0, 0.05) is 50.6 Å². The predicted octanol–water partition coefficient (Wildman–Crippen LogP) is 2.19. The van der Waals surface area contributed by atoms with Gasteiger partial charge >= 0.3 is 0 Å². The van der Waals surface area contributed by atoms with Crippen LogP contribution in [0.4, 0.5) is 11.4 Å². The monoisotopic (exact) mass is 388 g/mol. The average Bonchev–Trinajstić information content (AvgIpc) is 2.73. The Hall–Kier alpha value is -2.64. The Morgan fingerprint density at radius 3 is 2.29 bits per heavy atom. The number of nitro benzene ring substituents is 1. The summed E-state index contributed by atoms with van der Waals surface area (Å²) in [6.45, 7) is 5.08. The summed E-state index contributed by atoms with van der Waals surface area (Å²) in [5.41, 5.74) is 0.737. The Bertz CT molecular complexity index is 723. The molecule has 0 saturated carbocycles. The fourth-order valence-corrected chi connectivity index (χ4v) is 4.19. The van der Waals surface area contributed by atoms with Gasteiger partial charge in [-0.05, 0) is 38.7 Å². The van der Waals surface area contributed by atoms with Gasteiger partial charge in [0.25, 0.3) is 5.69 Å². The molecule has 0 spiro atoms. The van der Waals surface area contributed by atoms with Crippen molar-refractivity contribution in [3.8, 4) is 0 Å². The second kappa shape index (κ2) is 9.03. The topological polar surface area (TPSA) is 95.8 Å². The molecule has 0 unspecified atom stereocenters. The summed E-state index contributed by atoms with van der Waals surface area (Å²) in [5, 5.41) is 14.1. The Morgan fingerprint density at radius 2 is 1.68 bits per heavy atom. The Kier molecular flexibility index (Phi) is 6.49. The third kappa shape index (κ3) is 4.43. The Labute approximate surface area is 165 Å². The summed E-state index contributed by atoms with van der Waals surface area (Å²) < 4.78 is 0. The van der Waals surface area contributed by atoms with E-state index in [4.69, 9.17) is 0 Å². The van der Waals surface area contributed by atoms with Gasteiger partial charge in [0.1, 0.15) is 5.69 Å². The number of nitrogens with one attached hydrogen (secondary N) is 1. The lowest BCUT2D eigenvalue weighted by Crippen LogP contribution is -2.47. The van der Waals surface area contributed by atoms with E-state index in [0.717, 1.165) is 0 Å². The molecule has 152 valence electrons. The second-order valence-corrected chi connectivity index (χ2v) is 7.50. The van der Waals surface area contributed by atoms with Gasteiger partial charge in [0.15, 0.2) is 0 Å². The first-order valence-electron chi connectivity index (χ1n) is 10.1. The van der Waals surface area contributed by atoms with Crippen LogP contribution in [-0.2, 0) is 9.59 Å². The molecule has 0 aliphatic carbocycles. The molecule has 2 amide bonds. The van der Waals surface area contributed by atoms with Crippen molar-refractivity contribution in [1.82, 2.24) is 10.2 Å². The number of hydrogen-bond acceptors (Lipinski definition) is 5. The van der Waals surface area contributed by atoms with Gasteiger partial charge in [-0.3, -0.25) is 19.7 Å². The number of carbonyl (C=O) groups excluding carboxylic acids is 2. The lowest BCUT2D eigenvalue weighted by Gasteiger charge is -2.37. The number of carbonyl (C=O) groups is 2. The minimum Gasteiger partial charge on any atom is -0.366 e. The molecule has 2 saturated heterocycles. The molecule has 0 bridgehead atoms. The number of anilines is 1. The zero-order chi connectivity index (χ0) is 20.1. The van der Waals surface area contributed by atoms with Crippen LogP contribution in [0, 0.1) is 22.0 Å². The molecule has 0 aromatic heterocycles. The van der Waals surface area contributed by atoms with Crippen LogP contribution in [0.3, 0.4) is 0 Å². The summed E-state index contributed by atoms with van der Waals surface area (Å²) in [7, 11) is 0. The molecule has 1 aromatic rings. The summed E-state index contributed by atoms with van der Waals surface area (Å²) in [5.74, 6) is 0.216. The Balaban J connectivity index is 1.52. The van der Waals surface area contributed by atoms with Crippen LogP contribution in [0.1, 0.15) is 32.6 Å². The van der Waals surface area contributed by atoms with Crippen LogP contribution in [0.15, 0.2) is 24.3 Å². The van der Waals surface area contributed by atoms with Gasteiger partial charge in [0.05, 0.1) is 4.92 Å². The number of amides is 2. The highest BCUT2D eigenvalue weighted by molar-refractivity contribution is 5.81. The van der Waals surface area contributed by atoms with E-state index in [1.54, 1.807) is 18.2 Å². The van der Waals surface area contributed by atoms with E-state index in [-0.39, 0.29) is 34.3 Å². The van der Waals surface area contributed by atoms with E-state index in [1.165, 1.54) is 6.07 Å². The van der Waals surface area contributed by atoms with Crippen molar-refractivity contribution in [2.45, 2.75) is 32.6 Å². The number of hydrogen-bond donors (Lipinski definition) is 1. The van der Waals surface area contributed by atoms with E-state index in [9.17, 15) is 19.7 Å². The largest absolute Gasteiger partial charge is 0.366 e. The molecule has 0 atom stereocenters. The molecular weight excluding hydrogens is 360 g/mol. The number of rotatable bonds is 5. The van der Waals surface area contributed by atoms with E-state index >= 15 is 0 Å². The maximum atomic E-state index is 12.9. The number of likely N-dealkylation sites (tertiary alicyclic amines) is 1. The number of benzene rings is 1. The molecular formula is C20H28N4O4. The van der Waals surface area contributed by atoms with E-state index < -0.39 is 0 Å². The van der Waals surface area contributed by atoms with Crippen molar-refractivity contribution >= 4 is 23.2 Å². The molecule has 2 heterocycles. The number of nitrogens with zero attached hydrogens (tertiary/aromatic N) is 3. The number of para-hydroxylation sites is 2. The first-order chi connectivity index (χ1) is 13.5. The third-order valence-electron chi connectivity index (χ3n) is 5.79. The van der Waals surface area contributed by atoms with Gasteiger partial charge in [-0.25, -0.2) is 0 Å². The fraction of sp³-hybridized carbons (Fsp3) is 0.600. The fourth-order valence-electron chi connectivity index (χ4n) is 4.19. The zero-order valence-corrected chi connectivity index (χ0v) is 16.3. The van der Waals surface area contributed by atoms with Crippen molar-refractivity contribution in [2.24, 2.45) is 11.8 Å². The van der Waals surface area contributed by atoms with Gasteiger partial charge in [-0.2, -0.15) is 0 Å². The molecule has 2 aliphatic heterocycles. The summed E-state index contributed by atoms with van der Waals surface area (Å²) >= 11 is 0. The van der Waals surface area contributed by atoms with Crippen LogP contribution < -0.4 is 10.2 Å². The highest BCUT2D eigenvalue weighted by Crippen LogP contribution is 2.32. The summed E-state index contributed by atoms with van der Waals surface area (Å²) in [6, 6.07) is 6.76. The summed E-state index contributed by atoms with van der Waals surface area (Å²) in [4.78, 5) is 39.6. The normalized spacial score (nSPS) is 18.8. The van der Waals surface area contributed by atoms with Crippen molar-refractivity contribution in [1.29, 1.82) is 0 Å². The van der Waals surface area contributed by atoms with Crippen molar-refractivity contribution in [3.05, 3.63) is 34.4 Å². The van der Waals surface area contributed by atoms with E-state index in [0.29, 0.717) is 64.1 Å². The van der Waals surface area contributed by atoms with Gasteiger partial charge in [-0.15, -0.1) is 0 Å². The molecule has 8 heteroatoms. The van der Waals surface area contributed by atoms with Gasteiger partial charge < -0.3 is 15.1 Å². The van der Waals surface area contributed by atoms with Gasteiger partial charge in [-0.1, -0.05) is 12.1 Å². The van der Waals surface area contributed by atoms with Crippen molar-refractivity contribution in [3.63, 3.8) is 0 Å². The Morgan fingerprint density at radius 1 is 1.07 bits per heavy atom. The number of piperidine rings is 2. The van der Waals surface area contributed by atoms with Crippen LogP contribution in [0.2, 0.25) is 0 Å². The van der Waals surface area contributed by atoms with Crippen LogP contribution in [-0.4, -0.2) is 54.4 Å². The maximum absolute atomic E-state index is 12.9. The molecule has 2 aliphatic rings. The highest BCUT2D eigenvalue weighted by atomic mass is 16.6. The van der Waals surface area contributed by atoms with E-state index in [2.05, 4.69) is 5.32 Å². The lowest BCUT2D eigenvalue weighted by molar-refractivity contribution is -0.384. The molecule has 8 nitrogen and oxygen atoms in total. The van der Waals surface area contributed by atoms with Crippen LogP contribution in [0.25, 0.3) is 0 Å². The molecule has 3 rings (SSSR count). The lowest BCUT2D eigenvalue weighted by atomic mass is 9.91. The first kappa shape index (κ1) is 20.1. The SMILES string of the molecule is CCNC(=O)C1CCN(C(=O)C2CCN(c3ccccc3[N+](=O)[O-])CC2)CC1. The quantitative estimate of drug-likeness (QED) is 0.616. The highest BCUT2D eigenvalue weighted by Gasteiger charge is 2.33. The van der Waals surface area contributed by atoms with Crippen molar-refractivity contribution < 1.29 is 14.5 Å². The minimum absolute atomic E-state index is 0.00415. The summed E-state index contributed by atoms with van der Waals surface area (Å²) in [6.07, 6.45) is 2.82. The number of nitro groups is 1. The van der Waals surface area contributed by atoms with Crippen molar-refractivity contribution in [2.75, 3.05) is 37.6 Å². The average molecular weight is 388 g/mol. The second-order valence-electron chi connectivity index (χ2n) is 7.50. The maximum Gasteiger partial charge on any atom is 0.292 e. The van der Waals surface area contributed by atoms with Crippen LogP contribution >= 0.6 is 0 Å². The molecule has 28 heavy (non-hydrogen) atoms. The smallest absolute Gasteiger partial charge is 0.292 e. The molecule has 1 N–H and O–H groups in total.